The van der Waals surface area contributed by atoms with Crippen LogP contribution in [-0.2, 0) is 11.3 Å². The standard InChI is InChI=1S/C18H23N3O.ClH/c1-14(2)15-5-7-16(8-6-15)19-18(22)13-21-11-9-17(10-12-21)20(3)4;/h5-12,14H,13H2,1-4H3;1H. The van der Waals surface area contributed by atoms with E-state index in [2.05, 4.69) is 31.3 Å². The minimum absolute atomic E-state index is 0. The Hall–Kier alpha value is -2.07. The molecule has 0 aliphatic heterocycles. The summed E-state index contributed by atoms with van der Waals surface area (Å²) >= 11 is 0. The first kappa shape index (κ1) is 19.0. The van der Waals surface area contributed by atoms with Gasteiger partial charge in [0.2, 0.25) is 6.54 Å². The first-order valence-corrected chi connectivity index (χ1v) is 7.52. The molecule has 124 valence electrons. The predicted octanol–water partition coefficient (Wildman–Crippen LogP) is -0.194. The lowest BCUT2D eigenvalue weighted by atomic mass is 10.0. The summed E-state index contributed by atoms with van der Waals surface area (Å²) in [5, 5.41) is 2.92. The third-order valence-corrected chi connectivity index (χ3v) is 3.58. The molecule has 1 aromatic carbocycles. The molecule has 1 N–H and O–H groups in total. The Labute approximate surface area is 144 Å². The van der Waals surface area contributed by atoms with Crippen LogP contribution in [0, 0.1) is 0 Å². The Morgan fingerprint density at radius 3 is 2.13 bits per heavy atom. The molecule has 1 aromatic heterocycles. The highest BCUT2D eigenvalue weighted by molar-refractivity contribution is 5.89. The van der Waals surface area contributed by atoms with E-state index in [0.29, 0.717) is 12.5 Å². The van der Waals surface area contributed by atoms with Gasteiger partial charge in [-0.05, 0) is 23.6 Å². The number of nitrogens with zero attached hydrogens (tertiary/aromatic N) is 2. The van der Waals surface area contributed by atoms with Crippen molar-refractivity contribution in [3.05, 3.63) is 54.4 Å². The minimum Gasteiger partial charge on any atom is -1.00 e. The van der Waals surface area contributed by atoms with Crippen LogP contribution >= 0.6 is 0 Å². The number of hydrogen-bond acceptors (Lipinski definition) is 2. The van der Waals surface area contributed by atoms with Gasteiger partial charge in [0, 0.05) is 37.6 Å². The molecular weight excluding hydrogens is 310 g/mol. The Balaban J connectivity index is 0.00000264. The van der Waals surface area contributed by atoms with E-state index in [1.807, 2.05) is 60.2 Å². The van der Waals surface area contributed by atoms with E-state index in [1.165, 1.54) is 5.56 Å². The average Bonchev–Trinajstić information content (AvgIpc) is 2.48. The van der Waals surface area contributed by atoms with Crippen LogP contribution in [0.1, 0.15) is 25.3 Å². The van der Waals surface area contributed by atoms with Gasteiger partial charge in [0.1, 0.15) is 0 Å². The SMILES string of the molecule is CC(C)c1ccc(NC(=O)C[n+]2ccc(N(C)C)cc2)cc1.[Cl-]. The molecule has 2 aromatic rings. The third kappa shape index (κ3) is 5.57. The van der Waals surface area contributed by atoms with Gasteiger partial charge in [-0.2, -0.15) is 4.57 Å². The van der Waals surface area contributed by atoms with E-state index in [4.69, 9.17) is 0 Å². The average molecular weight is 334 g/mol. The molecular formula is C18H24ClN3O. The highest BCUT2D eigenvalue weighted by atomic mass is 35.5. The van der Waals surface area contributed by atoms with Crippen molar-refractivity contribution in [2.24, 2.45) is 0 Å². The van der Waals surface area contributed by atoms with Crippen LogP contribution in [0.2, 0.25) is 0 Å². The van der Waals surface area contributed by atoms with Crippen molar-refractivity contribution in [1.29, 1.82) is 0 Å². The maximum Gasteiger partial charge on any atom is 0.290 e. The van der Waals surface area contributed by atoms with Gasteiger partial charge < -0.3 is 22.6 Å². The number of pyridine rings is 1. The topological polar surface area (TPSA) is 36.2 Å². The van der Waals surface area contributed by atoms with E-state index < -0.39 is 0 Å². The summed E-state index contributed by atoms with van der Waals surface area (Å²) in [6.45, 7) is 4.61. The molecule has 1 amide bonds. The lowest BCUT2D eigenvalue weighted by molar-refractivity contribution is -0.684. The summed E-state index contributed by atoms with van der Waals surface area (Å²) in [6, 6.07) is 12.0. The normalized spacial score (nSPS) is 10.1. The van der Waals surface area contributed by atoms with Crippen molar-refractivity contribution in [2.75, 3.05) is 24.3 Å². The van der Waals surface area contributed by atoms with E-state index in [0.717, 1.165) is 11.4 Å². The van der Waals surface area contributed by atoms with Gasteiger partial charge in [-0.15, -0.1) is 0 Å². The van der Waals surface area contributed by atoms with Gasteiger partial charge in [-0.1, -0.05) is 26.0 Å². The molecule has 0 aliphatic carbocycles. The summed E-state index contributed by atoms with van der Waals surface area (Å²) in [5.41, 5.74) is 3.22. The number of amides is 1. The molecule has 0 radical (unpaired) electrons. The second-order valence-electron chi connectivity index (χ2n) is 5.95. The molecule has 0 saturated carbocycles. The summed E-state index contributed by atoms with van der Waals surface area (Å²) in [4.78, 5) is 14.1. The van der Waals surface area contributed by atoms with Crippen molar-refractivity contribution in [1.82, 2.24) is 0 Å². The summed E-state index contributed by atoms with van der Waals surface area (Å²) in [6.07, 6.45) is 3.83. The number of rotatable bonds is 5. The van der Waals surface area contributed by atoms with Crippen molar-refractivity contribution < 1.29 is 21.8 Å². The van der Waals surface area contributed by atoms with Crippen molar-refractivity contribution in [3.63, 3.8) is 0 Å². The molecule has 0 unspecified atom stereocenters. The second kappa shape index (κ2) is 8.53. The number of halogens is 1. The van der Waals surface area contributed by atoms with Gasteiger partial charge in [0.15, 0.2) is 12.4 Å². The fraction of sp³-hybridized carbons (Fsp3) is 0.333. The number of benzene rings is 1. The van der Waals surface area contributed by atoms with Crippen molar-refractivity contribution in [2.45, 2.75) is 26.3 Å². The van der Waals surface area contributed by atoms with Gasteiger partial charge in [0.05, 0.1) is 0 Å². The maximum atomic E-state index is 12.1. The smallest absolute Gasteiger partial charge is 0.290 e. The fourth-order valence-corrected chi connectivity index (χ4v) is 2.17. The van der Waals surface area contributed by atoms with Crippen LogP contribution in [0.15, 0.2) is 48.8 Å². The monoisotopic (exact) mass is 333 g/mol. The van der Waals surface area contributed by atoms with Gasteiger partial charge in [0.25, 0.3) is 5.91 Å². The number of hydrogen-bond donors (Lipinski definition) is 1. The minimum atomic E-state index is -0.0279. The third-order valence-electron chi connectivity index (χ3n) is 3.58. The van der Waals surface area contributed by atoms with Crippen LogP contribution in [0.4, 0.5) is 11.4 Å². The molecule has 0 fully saturated rings. The Morgan fingerprint density at radius 1 is 1.09 bits per heavy atom. The van der Waals surface area contributed by atoms with Crippen LogP contribution in [0.5, 0.6) is 0 Å². The highest BCUT2D eigenvalue weighted by Crippen LogP contribution is 2.17. The lowest BCUT2D eigenvalue weighted by Gasteiger charge is -2.10. The zero-order valence-corrected chi connectivity index (χ0v) is 14.8. The molecule has 4 nitrogen and oxygen atoms in total. The number of anilines is 2. The van der Waals surface area contributed by atoms with Crippen LogP contribution < -0.4 is 27.2 Å². The van der Waals surface area contributed by atoms with Crippen molar-refractivity contribution in [3.8, 4) is 0 Å². The Kier molecular flexibility index (Phi) is 7.04. The number of carbonyl (C=O) groups is 1. The van der Waals surface area contributed by atoms with E-state index >= 15 is 0 Å². The highest BCUT2D eigenvalue weighted by Gasteiger charge is 2.10. The quantitative estimate of drug-likeness (QED) is 0.770. The van der Waals surface area contributed by atoms with Gasteiger partial charge >= 0.3 is 0 Å². The van der Waals surface area contributed by atoms with Crippen molar-refractivity contribution >= 4 is 17.3 Å². The number of aromatic nitrogens is 1. The molecule has 5 heteroatoms. The molecule has 0 spiro atoms. The Bertz CT molecular complexity index is 566. The molecule has 2 rings (SSSR count). The molecule has 1 heterocycles. The van der Waals surface area contributed by atoms with E-state index in [9.17, 15) is 4.79 Å². The fourth-order valence-electron chi connectivity index (χ4n) is 2.17. The summed E-state index contributed by atoms with van der Waals surface area (Å²) < 4.78 is 1.87. The van der Waals surface area contributed by atoms with Crippen LogP contribution in [0.25, 0.3) is 0 Å². The number of carbonyl (C=O) groups excluding carboxylic acids is 1. The summed E-state index contributed by atoms with van der Waals surface area (Å²) in [7, 11) is 3.99. The molecule has 0 bridgehead atoms. The zero-order valence-electron chi connectivity index (χ0n) is 14.1. The van der Waals surface area contributed by atoms with Crippen LogP contribution in [-0.4, -0.2) is 20.0 Å². The first-order valence-electron chi connectivity index (χ1n) is 7.52. The zero-order chi connectivity index (χ0) is 16.1. The number of nitrogens with one attached hydrogen (secondary N) is 1. The van der Waals surface area contributed by atoms with Gasteiger partial charge in [-0.25, -0.2) is 0 Å². The Morgan fingerprint density at radius 2 is 1.65 bits per heavy atom. The summed E-state index contributed by atoms with van der Waals surface area (Å²) in [5.74, 6) is 0.468. The molecule has 0 atom stereocenters. The first-order chi connectivity index (χ1) is 10.5. The van der Waals surface area contributed by atoms with Gasteiger partial charge in [-0.3, -0.25) is 4.79 Å². The predicted molar refractivity (Wildman–Crippen MR) is 90.1 cm³/mol. The second-order valence-corrected chi connectivity index (χ2v) is 5.95. The lowest BCUT2D eigenvalue weighted by Crippen LogP contribution is -3.00. The maximum absolute atomic E-state index is 12.1. The largest absolute Gasteiger partial charge is 1.00 e. The molecule has 0 aliphatic rings. The van der Waals surface area contributed by atoms with E-state index in [1.54, 1.807) is 0 Å². The molecule has 23 heavy (non-hydrogen) atoms. The van der Waals surface area contributed by atoms with Crippen LogP contribution in [0.3, 0.4) is 0 Å². The molecule has 0 saturated heterocycles. The van der Waals surface area contributed by atoms with E-state index in [-0.39, 0.29) is 18.3 Å².